The smallest absolute Gasteiger partial charge is 0.0595 e. The van der Waals surface area contributed by atoms with Gasteiger partial charge in [-0.05, 0) is 74.6 Å². The fraction of sp³-hybridized carbons (Fsp3) is 0.0588. The predicted octanol–water partition coefficient (Wildman–Crippen LogP) is 12.8. The van der Waals surface area contributed by atoms with Crippen molar-refractivity contribution < 1.29 is 20.1 Å². The molecule has 0 aliphatic carbocycles. The van der Waals surface area contributed by atoms with Crippen molar-refractivity contribution in [2.75, 3.05) is 0 Å². The molecule has 0 spiro atoms. The van der Waals surface area contributed by atoms with Crippen molar-refractivity contribution in [1.29, 1.82) is 0 Å². The summed E-state index contributed by atoms with van der Waals surface area (Å²) >= 11 is 0. The molecule has 3 aromatic heterocycles. The third-order valence-electron chi connectivity index (χ3n) is 10.9. The third kappa shape index (κ3) is 5.86. The molecule has 0 bridgehead atoms. The Kier molecular flexibility index (Phi) is 8.74. The number of para-hydroxylation sites is 3. The van der Waals surface area contributed by atoms with E-state index in [4.69, 9.17) is 4.98 Å². The van der Waals surface area contributed by atoms with Crippen LogP contribution in [0.25, 0.3) is 82.8 Å². The van der Waals surface area contributed by atoms with Gasteiger partial charge in [0.15, 0.2) is 0 Å². The first-order chi connectivity index (χ1) is 26.5. The molecule has 55 heavy (non-hydrogen) atoms. The van der Waals surface area contributed by atoms with Crippen molar-refractivity contribution in [3.63, 3.8) is 0 Å². The van der Waals surface area contributed by atoms with Gasteiger partial charge in [0.2, 0.25) is 0 Å². The number of rotatable bonds is 3. The standard InChI is InChI=1S/C36H25N2.C15H10N.Ir/c1-36(2)30-14-5-6-16-33(30)38-32-18-17-25(22-29(32)28-13-8-15-31(36)35(28)38)24-10-7-11-26(21-24)34-27-12-4-3-9-23(27)19-20-37-34;1-2-6-12(7-3-1)15-11-10-13-8-4-5-9-14(13)16-15;/h3-10,12-22H,1-2H3;1-6,8-11H;/q2*-1;. The molecule has 4 heteroatoms. The van der Waals surface area contributed by atoms with E-state index in [-0.39, 0.29) is 25.5 Å². The van der Waals surface area contributed by atoms with E-state index in [1.807, 2.05) is 60.8 Å². The van der Waals surface area contributed by atoms with Gasteiger partial charge in [0.1, 0.15) is 0 Å². The van der Waals surface area contributed by atoms with Crippen LogP contribution in [0.5, 0.6) is 0 Å². The van der Waals surface area contributed by atoms with Crippen molar-refractivity contribution in [3.8, 4) is 39.3 Å². The minimum absolute atomic E-state index is 0. The van der Waals surface area contributed by atoms with Gasteiger partial charge in [-0.1, -0.05) is 111 Å². The van der Waals surface area contributed by atoms with Gasteiger partial charge in [-0.15, -0.1) is 71.3 Å². The van der Waals surface area contributed by atoms with E-state index in [1.54, 1.807) is 0 Å². The van der Waals surface area contributed by atoms with Crippen LogP contribution in [-0.4, -0.2) is 14.5 Å². The summed E-state index contributed by atoms with van der Waals surface area (Å²) in [5, 5.41) is 6.09. The Hall–Kier alpha value is -6.19. The van der Waals surface area contributed by atoms with E-state index in [0.29, 0.717) is 0 Å². The first kappa shape index (κ1) is 34.6. The molecule has 0 N–H and O–H groups in total. The van der Waals surface area contributed by atoms with E-state index in [2.05, 4.69) is 151 Å². The molecule has 0 saturated carbocycles. The van der Waals surface area contributed by atoms with E-state index in [0.717, 1.165) is 33.4 Å². The number of benzene rings is 7. The molecule has 0 unspecified atom stereocenters. The van der Waals surface area contributed by atoms with Crippen molar-refractivity contribution in [2.45, 2.75) is 19.3 Å². The molecule has 265 valence electrons. The molecule has 0 saturated heterocycles. The van der Waals surface area contributed by atoms with Gasteiger partial charge >= 0.3 is 0 Å². The monoisotopic (exact) mass is 882 g/mol. The van der Waals surface area contributed by atoms with Crippen LogP contribution in [0.1, 0.15) is 25.0 Å². The second kappa shape index (κ2) is 13.9. The van der Waals surface area contributed by atoms with Crippen molar-refractivity contribution in [1.82, 2.24) is 14.5 Å². The van der Waals surface area contributed by atoms with Gasteiger partial charge in [-0.25, -0.2) is 0 Å². The average molecular weight is 882 g/mol. The van der Waals surface area contributed by atoms with E-state index >= 15 is 0 Å². The van der Waals surface area contributed by atoms with Gasteiger partial charge in [-0.2, -0.15) is 0 Å². The second-order valence-corrected chi connectivity index (χ2v) is 14.4. The van der Waals surface area contributed by atoms with Gasteiger partial charge in [0.05, 0.1) is 22.2 Å². The fourth-order valence-corrected chi connectivity index (χ4v) is 8.23. The zero-order valence-electron chi connectivity index (χ0n) is 30.4. The summed E-state index contributed by atoms with van der Waals surface area (Å²) in [5.41, 5.74) is 13.9. The van der Waals surface area contributed by atoms with E-state index in [1.165, 1.54) is 60.5 Å². The molecule has 4 heterocycles. The second-order valence-electron chi connectivity index (χ2n) is 14.4. The van der Waals surface area contributed by atoms with E-state index < -0.39 is 0 Å². The number of aromatic nitrogens is 3. The van der Waals surface area contributed by atoms with Crippen LogP contribution in [-0.2, 0) is 25.5 Å². The molecule has 7 aromatic carbocycles. The van der Waals surface area contributed by atoms with Crippen molar-refractivity contribution in [2.24, 2.45) is 0 Å². The summed E-state index contributed by atoms with van der Waals surface area (Å²) in [7, 11) is 0. The quantitative estimate of drug-likeness (QED) is 0.166. The Morgan fingerprint density at radius 2 is 1.29 bits per heavy atom. The topological polar surface area (TPSA) is 30.7 Å². The molecule has 0 atom stereocenters. The number of hydrogen-bond acceptors (Lipinski definition) is 2. The van der Waals surface area contributed by atoms with Crippen LogP contribution in [0.2, 0.25) is 0 Å². The van der Waals surface area contributed by atoms with Crippen LogP contribution in [0.15, 0.2) is 176 Å². The van der Waals surface area contributed by atoms with Crippen LogP contribution in [0.3, 0.4) is 0 Å². The maximum Gasteiger partial charge on any atom is 0.0595 e. The van der Waals surface area contributed by atoms with Crippen LogP contribution in [0.4, 0.5) is 0 Å². The van der Waals surface area contributed by atoms with Crippen LogP contribution in [0, 0.1) is 12.1 Å². The SMILES string of the molecule is CC1(C)c2ccccc2-n2c3ccc(-c4cc[c-]c(-c5nccc6ccccc56)c4)cc3c3cccc1c32.[Ir].[c-]1ccccc1-c1ccc2ccccc2n1. The zero-order valence-corrected chi connectivity index (χ0v) is 32.8. The Labute approximate surface area is 334 Å². The average Bonchev–Trinajstić information content (AvgIpc) is 3.57. The van der Waals surface area contributed by atoms with Gasteiger partial charge < -0.3 is 9.55 Å². The molecule has 1 aliphatic rings. The molecule has 11 rings (SSSR count). The van der Waals surface area contributed by atoms with Crippen LogP contribution < -0.4 is 0 Å². The van der Waals surface area contributed by atoms with Crippen molar-refractivity contribution >= 4 is 43.5 Å². The first-order valence-electron chi connectivity index (χ1n) is 18.4. The summed E-state index contributed by atoms with van der Waals surface area (Å²) in [5.74, 6) is 0. The number of fused-ring (bicyclic) bond motifs is 7. The van der Waals surface area contributed by atoms with Crippen molar-refractivity contribution in [3.05, 3.63) is 199 Å². The molecule has 0 amide bonds. The molecule has 3 nitrogen and oxygen atoms in total. The number of pyridine rings is 2. The summed E-state index contributed by atoms with van der Waals surface area (Å²) in [6.45, 7) is 4.69. The minimum atomic E-state index is -0.0566. The molecule has 0 fully saturated rings. The Morgan fingerprint density at radius 1 is 0.545 bits per heavy atom. The summed E-state index contributed by atoms with van der Waals surface area (Å²) in [6.07, 6.45) is 1.89. The first-order valence-corrected chi connectivity index (χ1v) is 18.4. The summed E-state index contributed by atoms with van der Waals surface area (Å²) in [6, 6.07) is 66.2. The Bertz CT molecular complexity index is 3030. The number of nitrogens with zero attached hydrogens (tertiary/aromatic N) is 3. The summed E-state index contributed by atoms with van der Waals surface area (Å²) < 4.78 is 2.47. The molecule has 10 aromatic rings. The van der Waals surface area contributed by atoms with Gasteiger partial charge in [-0.3, -0.25) is 4.98 Å². The minimum Gasteiger partial charge on any atom is -0.309 e. The maximum atomic E-state index is 4.73. The third-order valence-corrected chi connectivity index (χ3v) is 10.9. The fourth-order valence-electron chi connectivity index (χ4n) is 8.23. The predicted molar refractivity (Wildman–Crippen MR) is 224 cm³/mol. The normalized spacial score (nSPS) is 12.5. The van der Waals surface area contributed by atoms with Gasteiger partial charge in [0.25, 0.3) is 0 Å². The molecule has 1 radical (unpaired) electrons. The summed E-state index contributed by atoms with van der Waals surface area (Å²) in [4.78, 5) is 9.35. The van der Waals surface area contributed by atoms with Gasteiger partial charge in [0, 0.05) is 42.5 Å². The number of hydrogen-bond donors (Lipinski definition) is 0. The largest absolute Gasteiger partial charge is 0.309 e. The molecular weight excluding hydrogens is 847 g/mol. The Morgan fingerprint density at radius 3 is 2.18 bits per heavy atom. The Balaban J connectivity index is 0.000000196. The zero-order chi connectivity index (χ0) is 36.2. The van der Waals surface area contributed by atoms with E-state index in [9.17, 15) is 0 Å². The molecular formula is C51H35IrN3-2. The maximum absolute atomic E-state index is 4.73. The molecule has 1 aliphatic heterocycles. The van der Waals surface area contributed by atoms with Crippen LogP contribution >= 0.6 is 0 Å².